The minimum absolute atomic E-state index is 0.0131. The zero-order valence-electron chi connectivity index (χ0n) is 27.4. The summed E-state index contributed by atoms with van der Waals surface area (Å²) < 4.78 is 36.0. The molecule has 0 aromatic heterocycles. The van der Waals surface area contributed by atoms with Gasteiger partial charge in [0, 0.05) is 23.0 Å². The number of amides is 2. The number of nitrogens with zero attached hydrogens (tertiary/aromatic N) is 2. The van der Waals surface area contributed by atoms with E-state index in [2.05, 4.69) is 21.2 Å². The highest BCUT2D eigenvalue weighted by atomic mass is 79.9. The summed E-state index contributed by atoms with van der Waals surface area (Å²) in [7, 11) is -4.22. The van der Waals surface area contributed by atoms with Gasteiger partial charge in [0.2, 0.25) is 11.8 Å². The van der Waals surface area contributed by atoms with E-state index in [4.69, 9.17) is 4.74 Å². The molecule has 2 amide bonds. The van der Waals surface area contributed by atoms with Crippen molar-refractivity contribution in [1.82, 2.24) is 10.2 Å². The van der Waals surface area contributed by atoms with Gasteiger partial charge in [-0.2, -0.15) is 0 Å². The first-order valence-electron chi connectivity index (χ1n) is 15.5. The van der Waals surface area contributed by atoms with Crippen LogP contribution in [0.4, 0.5) is 5.69 Å². The van der Waals surface area contributed by atoms with Crippen molar-refractivity contribution in [2.75, 3.05) is 17.5 Å². The second kappa shape index (κ2) is 15.6. The Morgan fingerprint density at radius 1 is 0.872 bits per heavy atom. The molecule has 0 heterocycles. The molecule has 4 aromatic rings. The summed E-state index contributed by atoms with van der Waals surface area (Å²) >= 11 is 3.51. The van der Waals surface area contributed by atoms with Gasteiger partial charge in [0.15, 0.2) is 0 Å². The van der Waals surface area contributed by atoms with Gasteiger partial charge in [-0.15, -0.1) is 0 Å². The number of ether oxygens (including phenoxy) is 1. The standard InChI is InChI=1S/C37H42BrN3O5S/c1-6-46-32-19-21-33(22-20-32)47(44,45)41(31-17-15-27(2)16-18-31)26-35(42)40(25-29-13-10-14-30(38)23-29)34(36(43)39-37(3,4)5)24-28-11-8-7-9-12-28/h7-23,34H,6,24-26H2,1-5H3,(H,39,43). The van der Waals surface area contributed by atoms with E-state index in [1.807, 2.05) is 89.2 Å². The molecule has 248 valence electrons. The third-order valence-electron chi connectivity index (χ3n) is 7.33. The number of benzene rings is 4. The Kier molecular flexibility index (Phi) is 11.9. The predicted molar refractivity (Wildman–Crippen MR) is 190 cm³/mol. The van der Waals surface area contributed by atoms with Crippen LogP contribution in [0.2, 0.25) is 0 Å². The SMILES string of the molecule is CCOc1ccc(S(=O)(=O)N(CC(=O)N(Cc2cccc(Br)c2)C(Cc2ccccc2)C(=O)NC(C)(C)C)c2ccc(C)cc2)cc1. The van der Waals surface area contributed by atoms with Gasteiger partial charge >= 0.3 is 0 Å². The molecule has 0 bridgehead atoms. The molecule has 4 rings (SSSR count). The quantitative estimate of drug-likeness (QED) is 0.162. The van der Waals surface area contributed by atoms with Gasteiger partial charge in [0.05, 0.1) is 17.2 Å². The van der Waals surface area contributed by atoms with Crippen LogP contribution in [0.25, 0.3) is 0 Å². The van der Waals surface area contributed by atoms with Crippen LogP contribution in [-0.2, 0) is 32.6 Å². The molecule has 8 nitrogen and oxygen atoms in total. The number of anilines is 1. The molecule has 1 atom stereocenters. The van der Waals surface area contributed by atoms with Crippen molar-refractivity contribution in [2.24, 2.45) is 0 Å². The number of hydrogen-bond donors (Lipinski definition) is 1. The van der Waals surface area contributed by atoms with Crippen LogP contribution in [0.1, 0.15) is 44.4 Å². The Morgan fingerprint density at radius 3 is 2.11 bits per heavy atom. The first-order valence-corrected chi connectivity index (χ1v) is 17.7. The molecule has 0 fully saturated rings. The molecule has 47 heavy (non-hydrogen) atoms. The van der Waals surface area contributed by atoms with Crippen molar-refractivity contribution in [3.63, 3.8) is 0 Å². The second-order valence-electron chi connectivity index (χ2n) is 12.3. The number of hydrogen-bond acceptors (Lipinski definition) is 5. The Bertz CT molecular complexity index is 1760. The van der Waals surface area contributed by atoms with Crippen LogP contribution in [0, 0.1) is 6.92 Å². The zero-order chi connectivity index (χ0) is 34.2. The lowest BCUT2D eigenvalue weighted by molar-refractivity contribution is -0.140. The summed E-state index contributed by atoms with van der Waals surface area (Å²) in [5.74, 6) is -0.316. The highest BCUT2D eigenvalue weighted by Gasteiger charge is 2.35. The zero-order valence-corrected chi connectivity index (χ0v) is 29.8. The Balaban J connectivity index is 1.81. The molecule has 0 radical (unpaired) electrons. The number of rotatable bonds is 13. The predicted octanol–water partition coefficient (Wildman–Crippen LogP) is 6.91. The lowest BCUT2D eigenvalue weighted by atomic mass is 10.0. The maximum Gasteiger partial charge on any atom is 0.264 e. The van der Waals surface area contributed by atoms with Gasteiger partial charge in [-0.25, -0.2) is 8.42 Å². The van der Waals surface area contributed by atoms with Crippen LogP contribution >= 0.6 is 15.9 Å². The smallest absolute Gasteiger partial charge is 0.264 e. The Labute approximate surface area is 286 Å². The van der Waals surface area contributed by atoms with E-state index in [0.717, 1.165) is 25.5 Å². The maximum absolute atomic E-state index is 14.6. The van der Waals surface area contributed by atoms with Gasteiger partial charge in [0.25, 0.3) is 10.0 Å². The molecular formula is C37H42BrN3O5S. The highest BCUT2D eigenvalue weighted by Crippen LogP contribution is 2.27. The van der Waals surface area contributed by atoms with Crippen LogP contribution < -0.4 is 14.4 Å². The molecule has 0 aliphatic heterocycles. The second-order valence-corrected chi connectivity index (χ2v) is 15.1. The summed E-state index contributed by atoms with van der Waals surface area (Å²) in [6, 6.07) is 29.2. The number of nitrogens with one attached hydrogen (secondary N) is 1. The topological polar surface area (TPSA) is 96.0 Å². The summed E-state index contributed by atoms with van der Waals surface area (Å²) in [4.78, 5) is 30.1. The van der Waals surface area contributed by atoms with Crippen molar-refractivity contribution in [1.29, 1.82) is 0 Å². The molecule has 10 heteroatoms. The normalized spacial score (nSPS) is 12.2. The van der Waals surface area contributed by atoms with Gasteiger partial charge in [0.1, 0.15) is 18.3 Å². The maximum atomic E-state index is 14.6. The van der Waals surface area contributed by atoms with Crippen LogP contribution in [0.5, 0.6) is 5.75 Å². The number of sulfonamides is 1. The summed E-state index contributed by atoms with van der Waals surface area (Å²) in [5.41, 5.74) is 2.36. The van der Waals surface area contributed by atoms with Crippen molar-refractivity contribution < 1.29 is 22.7 Å². The van der Waals surface area contributed by atoms with Crippen molar-refractivity contribution in [2.45, 2.75) is 64.1 Å². The van der Waals surface area contributed by atoms with E-state index in [1.165, 1.54) is 17.0 Å². The van der Waals surface area contributed by atoms with Crippen LogP contribution in [0.15, 0.2) is 112 Å². The molecule has 0 aliphatic carbocycles. The van der Waals surface area contributed by atoms with E-state index in [0.29, 0.717) is 18.0 Å². The van der Waals surface area contributed by atoms with Crippen LogP contribution in [0.3, 0.4) is 0 Å². The van der Waals surface area contributed by atoms with E-state index in [9.17, 15) is 18.0 Å². The molecule has 0 aliphatic rings. The Hall–Kier alpha value is -4.15. The average molecular weight is 721 g/mol. The molecule has 0 spiro atoms. The largest absolute Gasteiger partial charge is 0.494 e. The van der Waals surface area contributed by atoms with E-state index in [-0.39, 0.29) is 23.8 Å². The Morgan fingerprint density at radius 2 is 1.51 bits per heavy atom. The lowest BCUT2D eigenvalue weighted by Crippen LogP contribution is -2.56. The van der Waals surface area contributed by atoms with Gasteiger partial charge in [-0.05, 0) is 94.3 Å². The summed E-state index contributed by atoms with van der Waals surface area (Å²) in [6.07, 6.45) is 0.235. The minimum atomic E-state index is -4.22. The monoisotopic (exact) mass is 719 g/mol. The minimum Gasteiger partial charge on any atom is -0.494 e. The number of carbonyl (C=O) groups excluding carboxylic acids is 2. The highest BCUT2D eigenvalue weighted by molar-refractivity contribution is 9.10. The lowest BCUT2D eigenvalue weighted by Gasteiger charge is -2.35. The number of aryl methyl sites for hydroxylation is 1. The third kappa shape index (κ3) is 9.92. The first-order chi connectivity index (χ1) is 22.3. The molecule has 0 saturated carbocycles. The fourth-order valence-electron chi connectivity index (χ4n) is 5.08. The van der Waals surface area contributed by atoms with Crippen molar-refractivity contribution in [3.8, 4) is 5.75 Å². The number of halogens is 1. The van der Waals surface area contributed by atoms with E-state index < -0.39 is 34.1 Å². The molecule has 1 unspecified atom stereocenters. The summed E-state index contributed by atoms with van der Waals surface area (Å²) in [6.45, 7) is 9.40. The molecule has 1 N–H and O–H groups in total. The van der Waals surface area contributed by atoms with Gasteiger partial charge in [-0.3, -0.25) is 13.9 Å². The van der Waals surface area contributed by atoms with Gasteiger partial charge in [-0.1, -0.05) is 76.1 Å². The summed E-state index contributed by atoms with van der Waals surface area (Å²) in [5, 5.41) is 3.05. The number of carbonyl (C=O) groups is 2. The fraction of sp³-hybridized carbons (Fsp3) is 0.297. The average Bonchev–Trinajstić information content (AvgIpc) is 3.02. The molecular weight excluding hydrogens is 678 g/mol. The molecule has 0 saturated heterocycles. The van der Waals surface area contributed by atoms with Gasteiger partial charge < -0.3 is 15.0 Å². The van der Waals surface area contributed by atoms with E-state index in [1.54, 1.807) is 36.4 Å². The van der Waals surface area contributed by atoms with Crippen LogP contribution in [-0.4, -0.2) is 49.9 Å². The third-order valence-corrected chi connectivity index (χ3v) is 9.62. The van der Waals surface area contributed by atoms with Crippen molar-refractivity contribution >= 4 is 43.5 Å². The molecule has 4 aromatic carbocycles. The van der Waals surface area contributed by atoms with E-state index >= 15 is 0 Å². The van der Waals surface area contributed by atoms with Crippen molar-refractivity contribution in [3.05, 3.63) is 124 Å². The fourth-order valence-corrected chi connectivity index (χ4v) is 6.94. The first kappa shape index (κ1) is 35.7.